The summed E-state index contributed by atoms with van der Waals surface area (Å²) in [6, 6.07) is -9.63. The highest BCUT2D eigenvalue weighted by atomic mass is 16.5. The number of Topliss-reactive ketones (excluding diaryl/α,β-unsaturated/α-hetero) is 3. The number of hydrogen-bond donors (Lipinski definition) is 2. The van der Waals surface area contributed by atoms with E-state index in [-0.39, 0.29) is 80.0 Å². The lowest BCUT2D eigenvalue weighted by atomic mass is 9.83. The number of hydrogen-bond acceptors (Lipinski definition) is 15. The molecule has 2 rings (SSSR count). The van der Waals surface area contributed by atoms with Gasteiger partial charge in [0.05, 0.1) is 24.8 Å². The highest BCUT2D eigenvalue weighted by Crippen LogP contribution is 2.30. The standard InChI is InChI=1S/C73H130N10O13/c1-26-28-29-50(14)65(87)64-66(88)74-55(27-2)70(92)75(18)53(17)68(90)80(23)63(49(13)30-31-82-32-34-83(35-33-82)36-37-96-25)61(86)43-54(47(9)10)69(91)76(19)56(38-44(3)4)60(85)41-51(15)59(84)42-52(16)67(89)77(20)57(39-45(5)6)71(93)78(21)58(40-46(7)8)72(94)79(22)62(48(11)12)73(95)81(64)24/h26,28,44-58,62-65,87H,27,29-43H2,1-25H3,(H,74,88)/b28-26+/t49-,50-,51-,52+,53-,54+,55+,56+,57+,58+,62+,63+,64+,65-/m1/s1. The number of ketones is 3. The molecule has 0 aromatic carbocycles. The fraction of sp³-hybridized carbons (Fsp3) is 0.822. The molecule has 0 bridgehead atoms. The first-order chi connectivity index (χ1) is 44.6. The van der Waals surface area contributed by atoms with Crippen LogP contribution in [0.15, 0.2) is 12.2 Å². The molecular formula is C73H130N10O13. The number of ether oxygens (including phenoxy) is 1. The minimum absolute atomic E-state index is 0.0230. The summed E-state index contributed by atoms with van der Waals surface area (Å²) in [5, 5.41) is 15.1. The molecule has 2 saturated heterocycles. The number of amides is 8. The van der Waals surface area contributed by atoms with Crippen LogP contribution >= 0.6 is 0 Å². The van der Waals surface area contributed by atoms with Crippen LogP contribution in [0.25, 0.3) is 0 Å². The van der Waals surface area contributed by atoms with Crippen LogP contribution in [0.5, 0.6) is 0 Å². The Bertz CT molecular complexity index is 2610. The molecule has 0 unspecified atom stereocenters. The van der Waals surface area contributed by atoms with Crippen molar-refractivity contribution < 1.29 is 62.6 Å². The van der Waals surface area contributed by atoms with Gasteiger partial charge in [0.15, 0.2) is 11.6 Å². The van der Waals surface area contributed by atoms with E-state index in [2.05, 4.69) is 15.1 Å². The number of rotatable bonds is 20. The number of methoxy groups -OCH3 is 1. The van der Waals surface area contributed by atoms with Gasteiger partial charge in [0.25, 0.3) is 0 Å². The highest BCUT2D eigenvalue weighted by molar-refractivity contribution is 6.00. The minimum Gasteiger partial charge on any atom is -0.390 e. The van der Waals surface area contributed by atoms with E-state index < -0.39 is 143 Å². The molecule has 0 radical (unpaired) electrons. The van der Waals surface area contributed by atoms with E-state index in [1.165, 1.54) is 78.6 Å². The number of carbonyl (C=O) groups is 11. The predicted molar refractivity (Wildman–Crippen MR) is 376 cm³/mol. The summed E-state index contributed by atoms with van der Waals surface area (Å²) < 4.78 is 5.31. The molecule has 550 valence electrons. The van der Waals surface area contributed by atoms with Crippen LogP contribution in [0.2, 0.25) is 0 Å². The highest BCUT2D eigenvalue weighted by Gasteiger charge is 2.46. The van der Waals surface area contributed by atoms with Gasteiger partial charge < -0.3 is 54.4 Å². The van der Waals surface area contributed by atoms with Crippen molar-refractivity contribution >= 4 is 64.6 Å². The summed E-state index contributed by atoms with van der Waals surface area (Å²) in [5.41, 5.74) is 0. The Balaban J connectivity index is 3.03. The summed E-state index contributed by atoms with van der Waals surface area (Å²) in [7, 11) is 12.0. The molecule has 96 heavy (non-hydrogen) atoms. The molecule has 23 heteroatoms. The quantitative estimate of drug-likeness (QED) is 0.129. The van der Waals surface area contributed by atoms with E-state index in [0.29, 0.717) is 26.0 Å². The van der Waals surface area contributed by atoms with Crippen LogP contribution in [0.1, 0.15) is 175 Å². The second kappa shape index (κ2) is 40.4. The summed E-state index contributed by atoms with van der Waals surface area (Å²) in [6.07, 6.45) is 2.80. The molecule has 0 aromatic heterocycles. The second-order valence-electron chi connectivity index (χ2n) is 30.2. The Labute approximate surface area is 577 Å². The van der Waals surface area contributed by atoms with E-state index in [1.54, 1.807) is 61.8 Å². The zero-order valence-electron chi connectivity index (χ0n) is 63.8. The van der Waals surface area contributed by atoms with Crippen molar-refractivity contribution in [1.29, 1.82) is 0 Å². The van der Waals surface area contributed by atoms with Crippen molar-refractivity contribution in [2.24, 2.45) is 59.2 Å². The number of piperazine rings is 1. The van der Waals surface area contributed by atoms with Gasteiger partial charge in [0.2, 0.25) is 47.3 Å². The summed E-state index contributed by atoms with van der Waals surface area (Å²) in [6.45, 7) is 35.8. The summed E-state index contributed by atoms with van der Waals surface area (Å²) in [4.78, 5) is 178. The third-order valence-electron chi connectivity index (χ3n) is 20.3. The van der Waals surface area contributed by atoms with Gasteiger partial charge in [-0.2, -0.15) is 0 Å². The molecule has 0 aliphatic carbocycles. The Morgan fingerprint density at radius 2 is 0.958 bits per heavy atom. The predicted octanol–water partition coefficient (Wildman–Crippen LogP) is 6.17. The van der Waals surface area contributed by atoms with Crippen LogP contribution in [0, 0.1) is 59.2 Å². The van der Waals surface area contributed by atoms with Crippen molar-refractivity contribution in [3.05, 3.63) is 12.2 Å². The van der Waals surface area contributed by atoms with Gasteiger partial charge in [-0.05, 0) is 100 Å². The van der Waals surface area contributed by atoms with Gasteiger partial charge in [0.1, 0.15) is 42.0 Å². The minimum atomic E-state index is -1.62. The summed E-state index contributed by atoms with van der Waals surface area (Å²) >= 11 is 0. The van der Waals surface area contributed by atoms with Crippen LogP contribution in [-0.2, 0) is 57.5 Å². The fourth-order valence-electron chi connectivity index (χ4n) is 13.6. The van der Waals surface area contributed by atoms with Gasteiger partial charge in [-0.25, -0.2) is 0 Å². The Hall–Kier alpha value is -5.65. The number of likely N-dealkylation sites (N-methyl/N-ethyl adjacent to an activating group) is 7. The fourth-order valence-corrected chi connectivity index (χ4v) is 13.6. The van der Waals surface area contributed by atoms with Crippen molar-refractivity contribution in [1.82, 2.24) is 49.4 Å². The van der Waals surface area contributed by atoms with E-state index in [0.717, 1.165) is 37.6 Å². The van der Waals surface area contributed by atoms with Crippen LogP contribution < -0.4 is 5.32 Å². The number of nitrogens with one attached hydrogen (secondary N) is 1. The molecule has 8 amide bonds. The monoisotopic (exact) mass is 1350 g/mol. The number of allylic oxidation sites excluding steroid dienone is 2. The van der Waals surface area contributed by atoms with E-state index in [1.807, 2.05) is 75.3 Å². The Morgan fingerprint density at radius 1 is 0.500 bits per heavy atom. The molecule has 2 aliphatic heterocycles. The van der Waals surface area contributed by atoms with Gasteiger partial charge >= 0.3 is 0 Å². The first-order valence-electron chi connectivity index (χ1n) is 35.6. The van der Waals surface area contributed by atoms with E-state index in [4.69, 9.17) is 4.74 Å². The van der Waals surface area contributed by atoms with E-state index >= 15 is 33.6 Å². The third kappa shape index (κ3) is 24.1. The maximum atomic E-state index is 15.4. The van der Waals surface area contributed by atoms with Crippen LogP contribution in [0.3, 0.4) is 0 Å². The SMILES string of the molecule is C/C=C/C[C@@H](C)[C@@H](O)[C@H]1C(=O)N[C@@H](CC)C(=O)N(C)[C@H](C)C(=O)N(C)[C@@H]([C@H](C)CCN2CCN(CCOC)CC2)C(=O)C[C@@H](C(C)C)C(=O)N(C)[C@@H](CC(C)C)C(=O)C[C@@H](C)C(=O)C[C@H](C)C(=O)N(C)[C@@H](CC(C)C)C(=O)N(C)[C@@H](CC(C)C)C(=O)N(C)[C@@H](C(C)C)C(=O)N1C. The van der Waals surface area contributed by atoms with Gasteiger partial charge in [-0.3, -0.25) is 57.6 Å². The normalized spacial score (nSPS) is 27.9. The average molecular weight is 1360 g/mol. The van der Waals surface area contributed by atoms with Gasteiger partial charge in [0, 0.05) is 126 Å². The third-order valence-corrected chi connectivity index (χ3v) is 20.3. The number of nitrogens with zero attached hydrogens (tertiary/aromatic N) is 9. The molecule has 0 spiro atoms. The second-order valence-corrected chi connectivity index (χ2v) is 30.2. The molecule has 14 atom stereocenters. The van der Waals surface area contributed by atoms with Crippen LogP contribution in [0.4, 0.5) is 0 Å². The molecular weight excluding hydrogens is 1220 g/mol. The molecule has 0 saturated carbocycles. The molecule has 2 heterocycles. The first kappa shape index (κ1) is 86.4. The molecule has 2 N–H and O–H groups in total. The zero-order valence-corrected chi connectivity index (χ0v) is 63.8. The zero-order chi connectivity index (χ0) is 73.7. The lowest BCUT2D eigenvalue weighted by Gasteiger charge is -2.41. The lowest BCUT2D eigenvalue weighted by Crippen LogP contribution is -2.63. The smallest absolute Gasteiger partial charge is 0.246 e. The maximum absolute atomic E-state index is 15.4. The number of aliphatic hydroxyl groups is 1. The molecule has 23 nitrogen and oxygen atoms in total. The Kier molecular flexibility index (Phi) is 36.4. The first-order valence-corrected chi connectivity index (χ1v) is 35.6. The largest absolute Gasteiger partial charge is 0.390 e. The number of carbonyl (C=O) groups excluding carboxylic acids is 11. The average Bonchev–Trinajstić information content (AvgIpc) is 0.836. The maximum Gasteiger partial charge on any atom is 0.246 e. The Morgan fingerprint density at radius 3 is 1.44 bits per heavy atom. The molecule has 0 aromatic rings. The molecule has 2 fully saturated rings. The van der Waals surface area contributed by atoms with Gasteiger partial charge in [-0.1, -0.05) is 116 Å². The topological polar surface area (TPSA) is 258 Å². The van der Waals surface area contributed by atoms with Gasteiger partial charge in [-0.15, -0.1) is 0 Å². The molecule has 2 aliphatic rings. The number of aliphatic hydroxyl groups excluding tert-OH is 1. The van der Waals surface area contributed by atoms with Crippen molar-refractivity contribution in [2.45, 2.75) is 230 Å². The van der Waals surface area contributed by atoms with Crippen molar-refractivity contribution in [3.8, 4) is 0 Å². The lowest BCUT2D eigenvalue weighted by molar-refractivity contribution is -0.157. The van der Waals surface area contributed by atoms with Crippen LogP contribution in [-0.4, -0.2) is 271 Å². The summed E-state index contributed by atoms with van der Waals surface area (Å²) in [5.74, 6) is -11.1. The van der Waals surface area contributed by atoms with Crippen molar-refractivity contribution in [3.63, 3.8) is 0 Å². The van der Waals surface area contributed by atoms with Crippen molar-refractivity contribution in [2.75, 3.05) is 102 Å². The van der Waals surface area contributed by atoms with E-state index in [9.17, 15) is 24.3 Å².